The molecule has 0 saturated carbocycles. The Morgan fingerprint density at radius 3 is 2.47 bits per heavy atom. The molecule has 6 nitrogen and oxygen atoms in total. The largest absolute Gasteiger partial charge is 0.399 e. The maximum Gasteiger partial charge on any atom is 0.319 e. The van der Waals surface area contributed by atoms with Gasteiger partial charge in [-0.3, -0.25) is 4.79 Å². The van der Waals surface area contributed by atoms with Gasteiger partial charge in [0.2, 0.25) is 5.91 Å². The van der Waals surface area contributed by atoms with Crippen molar-refractivity contribution in [2.45, 2.75) is 6.42 Å². The highest BCUT2D eigenvalue weighted by Crippen LogP contribution is 2.09. The average molecular weight is 236 g/mol. The highest BCUT2D eigenvalue weighted by molar-refractivity contribution is 5.89. The van der Waals surface area contributed by atoms with Crippen LogP contribution in [0.25, 0.3) is 0 Å². The first kappa shape index (κ1) is 12.8. The Bertz CT molecular complexity index is 389. The lowest BCUT2D eigenvalue weighted by Gasteiger charge is -2.07. The summed E-state index contributed by atoms with van der Waals surface area (Å²) in [5.41, 5.74) is 6.80. The Labute approximate surface area is 99.6 Å². The van der Waals surface area contributed by atoms with E-state index in [0.717, 1.165) is 0 Å². The fraction of sp³-hybridized carbons (Fsp3) is 0.273. The van der Waals surface area contributed by atoms with Gasteiger partial charge in [0.15, 0.2) is 0 Å². The SMILES string of the molecule is CNC(=O)CCNC(=O)Nc1ccc(N)cc1. The molecule has 1 aromatic rings. The van der Waals surface area contributed by atoms with E-state index in [2.05, 4.69) is 16.0 Å². The van der Waals surface area contributed by atoms with E-state index >= 15 is 0 Å². The molecule has 0 aliphatic heterocycles. The van der Waals surface area contributed by atoms with Crippen molar-refractivity contribution in [1.29, 1.82) is 0 Å². The van der Waals surface area contributed by atoms with Crippen LogP contribution >= 0.6 is 0 Å². The Balaban J connectivity index is 2.30. The normalized spacial score (nSPS) is 9.47. The van der Waals surface area contributed by atoms with Gasteiger partial charge in [0, 0.05) is 31.4 Å². The minimum atomic E-state index is -0.348. The lowest BCUT2D eigenvalue weighted by molar-refractivity contribution is -0.120. The molecule has 0 spiro atoms. The number of hydrogen-bond acceptors (Lipinski definition) is 3. The van der Waals surface area contributed by atoms with Gasteiger partial charge in [-0.1, -0.05) is 0 Å². The summed E-state index contributed by atoms with van der Waals surface area (Å²) in [5.74, 6) is -0.113. The topological polar surface area (TPSA) is 96.2 Å². The van der Waals surface area contributed by atoms with Gasteiger partial charge in [0.1, 0.15) is 0 Å². The van der Waals surface area contributed by atoms with Crippen molar-refractivity contribution in [3.8, 4) is 0 Å². The van der Waals surface area contributed by atoms with E-state index in [1.165, 1.54) is 0 Å². The summed E-state index contributed by atoms with van der Waals surface area (Å²) in [6.45, 7) is 0.292. The van der Waals surface area contributed by atoms with E-state index < -0.39 is 0 Å². The molecule has 3 amide bonds. The molecule has 92 valence electrons. The summed E-state index contributed by atoms with van der Waals surface area (Å²) in [7, 11) is 1.55. The van der Waals surface area contributed by atoms with Gasteiger partial charge in [-0.25, -0.2) is 4.79 Å². The van der Waals surface area contributed by atoms with E-state index in [-0.39, 0.29) is 18.4 Å². The Morgan fingerprint density at radius 1 is 1.24 bits per heavy atom. The number of nitrogen functional groups attached to an aromatic ring is 1. The molecule has 0 aliphatic carbocycles. The molecule has 1 aromatic carbocycles. The van der Waals surface area contributed by atoms with Gasteiger partial charge >= 0.3 is 6.03 Å². The Morgan fingerprint density at radius 2 is 1.88 bits per heavy atom. The van der Waals surface area contributed by atoms with Crippen LogP contribution in [0.1, 0.15) is 6.42 Å². The maximum absolute atomic E-state index is 11.4. The van der Waals surface area contributed by atoms with Crippen molar-refractivity contribution in [2.24, 2.45) is 0 Å². The van der Waals surface area contributed by atoms with Crippen LogP contribution in [0, 0.1) is 0 Å². The molecular weight excluding hydrogens is 220 g/mol. The van der Waals surface area contributed by atoms with Crippen LogP contribution in [-0.2, 0) is 4.79 Å². The summed E-state index contributed by atoms with van der Waals surface area (Å²) >= 11 is 0. The quantitative estimate of drug-likeness (QED) is 0.574. The van der Waals surface area contributed by atoms with Crippen LogP contribution in [-0.4, -0.2) is 25.5 Å². The first-order chi connectivity index (χ1) is 8.11. The monoisotopic (exact) mass is 236 g/mol. The number of nitrogens with one attached hydrogen (secondary N) is 3. The minimum Gasteiger partial charge on any atom is -0.399 e. The van der Waals surface area contributed by atoms with Gasteiger partial charge in [0.05, 0.1) is 0 Å². The molecule has 0 unspecified atom stereocenters. The number of hydrogen-bond donors (Lipinski definition) is 4. The van der Waals surface area contributed by atoms with Crippen molar-refractivity contribution in [3.63, 3.8) is 0 Å². The van der Waals surface area contributed by atoms with Crippen molar-refractivity contribution in [3.05, 3.63) is 24.3 Å². The van der Waals surface area contributed by atoms with Crippen molar-refractivity contribution < 1.29 is 9.59 Å². The first-order valence-corrected chi connectivity index (χ1v) is 5.23. The number of nitrogens with two attached hydrogens (primary N) is 1. The van der Waals surface area contributed by atoms with Gasteiger partial charge in [-0.15, -0.1) is 0 Å². The van der Waals surface area contributed by atoms with E-state index in [4.69, 9.17) is 5.73 Å². The highest BCUT2D eigenvalue weighted by atomic mass is 16.2. The van der Waals surface area contributed by atoms with Crippen molar-refractivity contribution in [1.82, 2.24) is 10.6 Å². The summed E-state index contributed by atoms with van der Waals surface area (Å²) in [6, 6.07) is 6.44. The third-order valence-corrected chi connectivity index (χ3v) is 2.09. The molecule has 0 bridgehead atoms. The standard InChI is InChI=1S/C11H16N4O2/c1-13-10(16)6-7-14-11(17)15-9-4-2-8(12)3-5-9/h2-5H,6-7,12H2,1H3,(H,13,16)(H2,14,15,17). The molecule has 0 heterocycles. The molecule has 0 aliphatic rings. The second-order valence-corrected chi connectivity index (χ2v) is 3.43. The number of amides is 3. The molecule has 0 atom stereocenters. The second kappa shape index (κ2) is 6.37. The number of anilines is 2. The van der Waals surface area contributed by atoms with E-state index in [1.54, 1.807) is 31.3 Å². The Kier molecular flexibility index (Phi) is 4.80. The number of rotatable bonds is 4. The molecule has 5 N–H and O–H groups in total. The van der Waals surface area contributed by atoms with Crippen molar-refractivity contribution >= 4 is 23.3 Å². The average Bonchev–Trinajstić information content (AvgIpc) is 2.32. The summed E-state index contributed by atoms with van der Waals surface area (Å²) in [5, 5.41) is 7.66. The highest BCUT2D eigenvalue weighted by Gasteiger charge is 2.02. The zero-order valence-electron chi connectivity index (χ0n) is 9.62. The number of urea groups is 1. The number of benzene rings is 1. The summed E-state index contributed by atoms with van der Waals surface area (Å²) in [6.07, 6.45) is 0.256. The van der Waals surface area contributed by atoms with Gasteiger partial charge < -0.3 is 21.7 Å². The third-order valence-electron chi connectivity index (χ3n) is 2.09. The van der Waals surface area contributed by atoms with E-state index in [0.29, 0.717) is 17.9 Å². The van der Waals surface area contributed by atoms with Crippen molar-refractivity contribution in [2.75, 3.05) is 24.6 Å². The maximum atomic E-state index is 11.4. The van der Waals surface area contributed by atoms with Crippen LogP contribution < -0.4 is 21.7 Å². The second-order valence-electron chi connectivity index (χ2n) is 3.43. The lowest BCUT2D eigenvalue weighted by atomic mass is 10.3. The molecule has 0 fully saturated rings. The molecular formula is C11H16N4O2. The summed E-state index contributed by atoms with van der Waals surface area (Å²) in [4.78, 5) is 22.3. The van der Waals surface area contributed by atoms with Gasteiger partial charge in [0.25, 0.3) is 0 Å². The summed E-state index contributed by atoms with van der Waals surface area (Å²) < 4.78 is 0. The zero-order chi connectivity index (χ0) is 12.7. The van der Waals surface area contributed by atoms with Gasteiger partial charge in [-0.05, 0) is 24.3 Å². The van der Waals surface area contributed by atoms with E-state index in [1.807, 2.05) is 0 Å². The number of carbonyl (C=O) groups excluding carboxylic acids is 2. The minimum absolute atomic E-state index is 0.113. The third kappa shape index (κ3) is 4.87. The van der Waals surface area contributed by atoms with Crippen LogP contribution in [0.2, 0.25) is 0 Å². The molecule has 6 heteroatoms. The smallest absolute Gasteiger partial charge is 0.319 e. The fourth-order valence-corrected chi connectivity index (χ4v) is 1.16. The predicted molar refractivity (Wildman–Crippen MR) is 66.6 cm³/mol. The van der Waals surface area contributed by atoms with Crippen LogP contribution in [0.3, 0.4) is 0 Å². The van der Waals surface area contributed by atoms with Gasteiger partial charge in [-0.2, -0.15) is 0 Å². The molecule has 17 heavy (non-hydrogen) atoms. The fourth-order valence-electron chi connectivity index (χ4n) is 1.16. The first-order valence-electron chi connectivity index (χ1n) is 5.23. The molecule has 0 radical (unpaired) electrons. The van der Waals surface area contributed by atoms with Crippen LogP contribution in [0.15, 0.2) is 24.3 Å². The lowest BCUT2D eigenvalue weighted by Crippen LogP contribution is -2.32. The number of carbonyl (C=O) groups is 2. The predicted octanol–water partition coefficient (Wildman–Crippen LogP) is 0.526. The molecule has 0 aromatic heterocycles. The van der Waals surface area contributed by atoms with Crippen LogP contribution in [0.4, 0.5) is 16.2 Å². The van der Waals surface area contributed by atoms with Crippen LogP contribution in [0.5, 0.6) is 0 Å². The molecule has 1 rings (SSSR count). The molecule has 0 saturated heterocycles. The Hall–Kier alpha value is -2.24. The zero-order valence-corrected chi connectivity index (χ0v) is 9.62. The van der Waals surface area contributed by atoms with E-state index in [9.17, 15) is 9.59 Å².